The summed E-state index contributed by atoms with van der Waals surface area (Å²) in [5.74, 6) is 1.49. The van der Waals surface area contributed by atoms with Gasteiger partial charge in [0.25, 0.3) is 0 Å². The van der Waals surface area contributed by atoms with Gasteiger partial charge in [0.2, 0.25) is 5.88 Å². The molecule has 4 nitrogen and oxygen atoms in total. The number of nitrogens with two attached hydrogens (primary N) is 1. The molecule has 94 valence electrons. The van der Waals surface area contributed by atoms with Crippen LogP contribution in [0.2, 0.25) is 0 Å². The summed E-state index contributed by atoms with van der Waals surface area (Å²) in [4.78, 5) is 4.36. The lowest BCUT2D eigenvalue weighted by atomic mass is 10.0. The molecule has 3 N–H and O–H groups in total. The van der Waals surface area contributed by atoms with Gasteiger partial charge in [-0.2, -0.15) is 4.98 Å². The number of ether oxygens (including phenoxy) is 1. The van der Waals surface area contributed by atoms with E-state index in [2.05, 4.69) is 10.3 Å². The van der Waals surface area contributed by atoms with Crippen LogP contribution in [-0.4, -0.2) is 24.2 Å². The van der Waals surface area contributed by atoms with Crippen molar-refractivity contribution < 1.29 is 4.74 Å². The number of nitrogens with zero attached hydrogens (tertiary/aromatic N) is 1. The maximum Gasteiger partial charge on any atom is 0.214 e. The Labute approximate surface area is 103 Å². The average Bonchev–Trinajstić information content (AvgIpc) is 2.55. The molecule has 1 aromatic heterocycles. The molecule has 2 unspecified atom stereocenters. The van der Waals surface area contributed by atoms with Gasteiger partial charge in [-0.25, -0.2) is 0 Å². The van der Waals surface area contributed by atoms with Crippen LogP contribution in [0.5, 0.6) is 5.88 Å². The summed E-state index contributed by atoms with van der Waals surface area (Å²) in [6, 6.07) is 6.30. The third-order valence-corrected chi connectivity index (χ3v) is 3.34. The molecule has 0 aliphatic heterocycles. The Morgan fingerprint density at radius 2 is 2.12 bits per heavy atom. The van der Waals surface area contributed by atoms with E-state index < -0.39 is 0 Å². The number of methoxy groups -OCH3 is 1. The number of pyridine rings is 1. The van der Waals surface area contributed by atoms with Crippen LogP contribution in [0.15, 0.2) is 18.2 Å². The van der Waals surface area contributed by atoms with Crippen LogP contribution in [0.3, 0.4) is 0 Å². The van der Waals surface area contributed by atoms with E-state index in [0.717, 1.165) is 18.7 Å². The van der Waals surface area contributed by atoms with E-state index in [-0.39, 0.29) is 6.04 Å². The van der Waals surface area contributed by atoms with Gasteiger partial charge in [-0.3, -0.25) is 0 Å². The highest BCUT2D eigenvalue weighted by Gasteiger charge is 2.20. The average molecular weight is 235 g/mol. The second-order valence-electron chi connectivity index (χ2n) is 4.62. The SMILES string of the molecule is COc1cccc(NC2CCCCCC2N)n1. The first kappa shape index (κ1) is 12.2. The van der Waals surface area contributed by atoms with E-state index in [9.17, 15) is 0 Å². The van der Waals surface area contributed by atoms with E-state index in [4.69, 9.17) is 10.5 Å². The fourth-order valence-electron chi connectivity index (χ4n) is 2.31. The Kier molecular flexibility index (Phi) is 4.20. The minimum Gasteiger partial charge on any atom is -0.481 e. The zero-order chi connectivity index (χ0) is 12.1. The second-order valence-corrected chi connectivity index (χ2v) is 4.62. The molecule has 1 fully saturated rings. The first-order chi connectivity index (χ1) is 8.29. The lowest BCUT2D eigenvalue weighted by Crippen LogP contribution is -2.39. The van der Waals surface area contributed by atoms with E-state index >= 15 is 0 Å². The molecule has 1 saturated carbocycles. The predicted molar refractivity (Wildman–Crippen MR) is 69.3 cm³/mol. The number of aromatic nitrogens is 1. The van der Waals surface area contributed by atoms with Gasteiger partial charge in [0.1, 0.15) is 5.82 Å². The van der Waals surface area contributed by atoms with E-state index in [1.165, 1.54) is 19.3 Å². The van der Waals surface area contributed by atoms with Gasteiger partial charge in [-0.05, 0) is 18.9 Å². The number of hydrogen-bond acceptors (Lipinski definition) is 4. The molecule has 17 heavy (non-hydrogen) atoms. The van der Waals surface area contributed by atoms with E-state index in [0.29, 0.717) is 11.9 Å². The summed E-state index contributed by atoms with van der Waals surface area (Å²) in [6.07, 6.45) is 6.00. The second kappa shape index (κ2) is 5.87. The smallest absolute Gasteiger partial charge is 0.214 e. The predicted octanol–water partition coefficient (Wildman–Crippen LogP) is 2.16. The third-order valence-electron chi connectivity index (χ3n) is 3.34. The van der Waals surface area contributed by atoms with Gasteiger partial charge in [0.15, 0.2) is 0 Å². The van der Waals surface area contributed by atoms with Crippen LogP contribution in [0.25, 0.3) is 0 Å². The molecular weight excluding hydrogens is 214 g/mol. The summed E-state index contributed by atoms with van der Waals surface area (Å²) in [5, 5.41) is 3.43. The largest absolute Gasteiger partial charge is 0.481 e. The fourth-order valence-corrected chi connectivity index (χ4v) is 2.31. The van der Waals surface area contributed by atoms with Gasteiger partial charge >= 0.3 is 0 Å². The Morgan fingerprint density at radius 1 is 1.29 bits per heavy atom. The quantitative estimate of drug-likeness (QED) is 0.788. The fraction of sp³-hybridized carbons (Fsp3) is 0.615. The molecule has 0 amide bonds. The molecule has 0 radical (unpaired) electrons. The number of hydrogen-bond donors (Lipinski definition) is 2. The highest BCUT2D eigenvalue weighted by molar-refractivity contribution is 5.38. The zero-order valence-electron chi connectivity index (χ0n) is 10.4. The summed E-state index contributed by atoms with van der Waals surface area (Å²) in [7, 11) is 1.63. The maximum atomic E-state index is 6.18. The van der Waals surface area contributed by atoms with Gasteiger partial charge in [-0.15, -0.1) is 0 Å². The summed E-state index contributed by atoms with van der Waals surface area (Å²) in [6.45, 7) is 0. The molecule has 1 aromatic rings. The Balaban J connectivity index is 2.02. The van der Waals surface area contributed by atoms with Crippen molar-refractivity contribution in [3.05, 3.63) is 18.2 Å². The van der Waals surface area contributed by atoms with E-state index in [1.807, 2.05) is 18.2 Å². The molecule has 2 rings (SSSR count). The van der Waals surface area contributed by atoms with Gasteiger partial charge < -0.3 is 15.8 Å². The topological polar surface area (TPSA) is 60.2 Å². The van der Waals surface area contributed by atoms with Crippen molar-refractivity contribution in [2.75, 3.05) is 12.4 Å². The number of anilines is 1. The third kappa shape index (κ3) is 3.33. The van der Waals surface area contributed by atoms with Crippen LogP contribution in [-0.2, 0) is 0 Å². The number of rotatable bonds is 3. The van der Waals surface area contributed by atoms with Crippen LogP contribution >= 0.6 is 0 Å². The molecule has 0 bridgehead atoms. The molecule has 1 heterocycles. The molecule has 1 aliphatic carbocycles. The summed E-state index contributed by atoms with van der Waals surface area (Å²) in [5.41, 5.74) is 6.18. The summed E-state index contributed by atoms with van der Waals surface area (Å²) < 4.78 is 5.11. The normalized spacial score (nSPS) is 25.1. The van der Waals surface area contributed by atoms with Crippen LogP contribution in [0.1, 0.15) is 32.1 Å². The van der Waals surface area contributed by atoms with Crippen LogP contribution in [0.4, 0.5) is 5.82 Å². The standard InChI is InChI=1S/C13H21N3O/c1-17-13-9-5-8-12(16-13)15-11-7-4-2-3-6-10(11)14/h5,8-11H,2-4,6-7,14H2,1H3,(H,15,16). The van der Waals surface area contributed by atoms with Crippen molar-refractivity contribution in [2.24, 2.45) is 5.73 Å². The summed E-state index contributed by atoms with van der Waals surface area (Å²) >= 11 is 0. The van der Waals surface area contributed by atoms with Gasteiger partial charge in [0, 0.05) is 18.2 Å². The maximum absolute atomic E-state index is 6.18. The molecule has 0 aromatic carbocycles. The Morgan fingerprint density at radius 3 is 2.94 bits per heavy atom. The minimum atomic E-state index is 0.227. The van der Waals surface area contributed by atoms with Crippen molar-refractivity contribution in [1.29, 1.82) is 0 Å². The van der Waals surface area contributed by atoms with Gasteiger partial charge in [-0.1, -0.05) is 25.3 Å². The first-order valence-electron chi connectivity index (χ1n) is 6.33. The van der Waals surface area contributed by atoms with Gasteiger partial charge in [0.05, 0.1) is 7.11 Å². The van der Waals surface area contributed by atoms with Crippen molar-refractivity contribution in [1.82, 2.24) is 4.98 Å². The molecule has 1 aliphatic rings. The van der Waals surface area contributed by atoms with Crippen LogP contribution < -0.4 is 15.8 Å². The Bertz CT molecular complexity index is 356. The molecule has 4 heteroatoms. The lowest BCUT2D eigenvalue weighted by Gasteiger charge is -2.23. The monoisotopic (exact) mass is 235 g/mol. The first-order valence-corrected chi connectivity index (χ1v) is 6.33. The Hall–Kier alpha value is -1.29. The minimum absolute atomic E-state index is 0.227. The lowest BCUT2D eigenvalue weighted by molar-refractivity contribution is 0.398. The zero-order valence-corrected chi connectivity index (χ0v) is 10.4. The van der Waals surface area contributed by atoms with Crippen molar-refractivity contribution in [3.8, 4) is 5.88 Å². The highest BCUT2D eigenvalue weighted by atomic mass is 16.5. The molecular formula is C13H21N3O. The highest BCUT2D eigenvalue weighted by Crippen LogP contribution is 2.20. The molecule has 0 saturated heterocycles. The van der Waals surface area contributed by atoms with Crippen molar-refractivity contribution in [3.63, 3.8) is 0 Å². The number of nitrogens with one attached hydrogen (secondary N) is 1. The van der Waals surface area contributed by atoms with Crippen molar-refractivity contribution in [2.45, 2.75) is 44.2 Å². The van der Waals surface area contributed by atoms with Crippen LogP contribution in [0, 0.1) is 0 Å². The molecule has 0 spiro atoms. The molecule has 2 atom stereocenters. The van der Waals surface area contributed by atoms with E-state index in [1.54, 1.807) is 7.11 Å². The van der Waals surface area contributed by atoms with Crippen molar-refractivity contribution >= 4 is 5.82 Å².